The van der Waals surface area contributed by atoms with Gasteiger partial charge in [-0.2, -0.15) is 0 Å². The van der Waals surface area contributed by atoms with Gasteiger partial charge >= 0.3 is 48.3 Å². The SMILES string of the molecule is [LiH].[O]=[Mn](=[O])([OH])[OH].[Zr]. The Morgan fingerprint density at radius 3 is 1.14 bits per heavy atom. The Morgan fingerprint density at radius 2 is 1.14 bits per heavy atom. The molecule has 0 amide bonds. The zero-order valence-corrected chi connectivity index (χ0v) is 6.23. The summed E-state index contributed by atoms with van der Waals surface area (Å²) < 4.78 is 31.8. The third kappa shape index (κ3) is 99.2. The van der Waals surface area contributed by atoms with E-state index in [0.29, 0.717) is 0 Å². The molecule has 7 heavy (non-hydrogen) atoms. The molecule has 0 aliphatic carbocycles. The van der Waals surface area contributed by atoms with E-state index in [0.717, 1.165) is 0 Å². The van der Waals surface area contributed by atoms with E-state index in [1.807, 2.05) is 0 Å². The molecule has 4 nitrogen and oxygen atoms in total. The van der Waals surface area contributed by atoms with Crippen molar-refractivity contribution in [1.29, 1.82) is 0 Å². The van der Waals surface area contributed by atoms with Crippen LogP contribution in [-0.2, 0) is 47.2 Å². The summed E-state index contributed by atoms with van der Waals surface area (Å²) in [5.74, 6) is 0. The summed E-state index contributed by atoms with van der Waals surface area (Å²) in [5, 5.41) is 0. The van der Waals surface area contributed by atoms with Gasteiger partial charge in [0.15, 0.2) is 0 Å². The molecule has 0 rings (SSSR count). The van der Waals surface area contributed by atoms with Crippen molar-refractivity contribution in [1.82, 2.24) is 0 Å². The van der Waals surface area contributed by atoms with E-state index in [4.69, 9.17) is 16.0 Å². The van der Waals surface area contributed by atoms with E-state index in [9.17, 15) is 0 Å². The van der Waals surface area contributed by atoms with Gasteiger partial charge < -0.3 is 0 Å². The van der Waals surface area contributed by atoms with Gasteiger partial charge in [0, 0.05) is 26.2 Å². The summed E-state index contributed by atoms with van der Waals surface area (Å²) in [7, 11) is 0. The average Bonchev–Trinajstić information content (AvgIpc) is 0.722. The van der Waals surface area contributed by atoms with Gasteiger partial charge in [0.25, 0.3) is 0 Å². The van der Waals surface area contributed by atoms with Gasteiger partial charge in [0.2, 0.25) is 0 Å². The van der Waals surface area contributed by atoms with Gasteiger partial charge in [-0.3, -0.25) is 0 Å². The first-order chi connectivity index (χ1) is 2.00. The second kappa shape index (κ2) is 5.65. The Bertz CT molecular complexity index is 94.9. The normalized spacial score (nSPS) is 8.29. The summed E-state index contributed by atoms with van der Waals surface area (Å²) >= 11 is -5.12. The molecule has 0 aliphatic rings. The zero-order valence-electron chi connectivity index (χ0n) is 2.59. The maximum Gasteiger partial charge on any atom is 0 e. The fourth-order valence-corrected chi connectivity index (χ4v) is 0. The summed E-state index contributed by atoms with van der Waals surface area (Å²) in [6, 6.07) is 0. The van der Waals surface area contributed by atoms with Gasteiger partial charge in [0.05, 0.1) is 0 Å². The van der Waals surface area contributed by atoms with E-state index >= 15 is 0 Å². The van der Waals surface area contributed by atoms with Crippen LogP contribution in [0.4, 0.5) is 0 Å². The minimum atomic E-state index is -5.12. The van der Waals surface area contributed by atoms with Gasteiger partial charge in [-0.1, -0.05) is 0 Å². The molecule has 0 spiro atoms. The molecule has 0 heterocycles. The summed E-state index contributed by atoms with van der Waals surface area (Å²) in [4.78, 5) is 0. The fourth-order valence-electron chi connectivity index (χ4n) is 0. The molecule has 0 saturated carbocycles. The van der Waals surface area contributed by atoms with Crippen LogP contribution < -0.4 is 0 Å². The first-order valence-electron chi connectivity index (χ1n) is 0.647. The smallest absolute Gasteiger partial charge is 0 e. The van der Waals surface area contributed by atoms with Crippen LogP contribution in [0.5, 0.6) is 0 Å². The van der Waals surface area contributed by atoms with Gasteiger partial charge in [0.1, 0.15) is 0 Å². The second-order valence-corrected chi connectivity index (χ2v) is 1.71. The predicted octanol–water partition coefficient (Wildman–Crippen LogP) is -2.01. The van der Waals surface area contributed by atoms with Gasteiger partial charge in [-0.25, -0.2) is 0 Å². The second-order valence-electron chi connectivity index (χ2n) is 0.415. The molecule has 0 atom stereocenters. The summed E-state index contributed by atoms with van der Waals surface area (Å²) in [5.41, 5.74) is 0. The van der Waals surface area contributed by atoms with Gasteiger partial charge in [-0.15, -0.1) is 0 Å². The standard InChI is InChI=1S/Li.Mn.2H2O.2O.Zr.H/h;;2*1H2;;;;/q;+2;;;;;;/p-2. The van der Waals surface area contributed by atoms with Crippen molar-refractivity contribution in [3.8, 4) is 0 Å². The Kier molecular flexibility index (Phi) is 12.8. The minimum Gasteiger partial charge on any atom is 0 e. The van der Waals surface area contributed by atoms with E-state index in [1.54, 1.807) is 0 Å². The topological polar surface area (TPSA) is 74.6 Å². The van der Waals surface area contributed by atoms with Crippen molar-refractivity contribution >= 4 is 18.9 Å². The van der Waals surface area contributed by atoms with Crippen LogP contribution in [0.2, 0.25) is 0 Å². The molecule has 2 N–H and O–H groups in total. The third-order valence-electron chi connectivity index (χ3n) is 0. The monoisotopic (exact) mass is 219 g/mol. The molecule has 7 heteroatoms. The Morgan fingerprint density at radius 1 is 1.14 bits per heavy atom. The molecular weight excluding hydrogens is 217 g/mol. The van der Waals surface area contributed by atoms with Crippen LogP contribution in [-0.4, -0.2) is 27.2 Å². The van der Waals surface area contributed by atoms with Crippen LogP contribution >= 0.6 is 0 Å². The molecule has 0 aliphatic heterocycles. The largest absolute Gasteiger partial charge is 0 e. The first-order valence-corrected chi connectivity index (χ1v) is 2.67. The molecule has 39 valence electrons. The average molecular weight is 220 g/mol. The van der Waals surface area contributed by atoms with Crippen molar-refractivity contribution in [2.45, 2.75) is 0 Å². The van der Waals surface area contributed by atoms with Crippen LogP contribution in [0.25, 0.3) is 0 Å². The summed E-state index contributed by atoms with van der Waals surface area (Å²) in [6.07, 6.45) is 0. The van der Waals surface area contributed by atoms with Crippen molar-refractivity contribution < 1.29 is 55.6 Å². The third-order valence-corrected chi connectivity index (χ3v) is 0. The quantitative estimate of drug-likeness (QED) is 0.463. The molecule has 0 radical (unpaired) electrons. The number of rotatable bonds is 0. The number of hydrogen-bond acceptors (Lipinski definition) is 2. The van der Waals surface area contributed by atoms with E-state index < -0.39 is 13.4 Å². The molecule has 0 aromatic heterocycles. The molecule has 0 aromatic rings. The van der Waals surface area contributed by atoms with Crippen LogP contribution in [0.15, 0.2) is 0 Å². The molecule has 0 fully saturated rings. The van der Waals surface area contributed by atoms with Crippen LogP contribution in [0, 0.1) is 0 Å². The van der Waals surface area contributed by atoms with E-state index in [-0.39, 0.29) is 45.1 Å². The Hall–Kier alpha value is 1.52. The maximum atomic E-state index is 8.80. The molecule has 0 bridgehead atoms. The van der Waals surface area contributed by atoms with E-state index in [1.165, 1.54) is 0 Å². The Labute approximate surface area is 73.9 Å². The zero-order chi connectivity index (χ0) is 4.50. The van der Waals surface area contributed by atoms with Crippen molar-refractivity contribution in [2.24, 2.45) is 0 Å². The Balaban J connectivity index is -0.0000000800. The maximum absolute atomic E-state index is 8.80. The van der Waals surface area contributed by atoms with Crippen LogP contribution in [0.1, 0.15) is 0 Å². The molecule has 0 saturated heterocycles. The van der Waals surface area contributed by atoms with E-state index in [2.05, 4.69) is 0 Å². The molecular formula is H3LiMnO4Zr. The van der Waals surface area contributed by atoms with Gasteiger partial charge in [-0.05, 0) is 0 Å². The van der Waals surface area contributed by atoms with Crippen LogP contribution in [0.3, 0.4) is 0 Å². The molecule has 0 unspecified atom stereocenters. The number of hydrogen-bond donors (Lipinski definition) is 2. The minimum absolute atomic E-state index is 0. The van der Waals surface area contributed by atoms with Crippen molar-refractivity contribution in [3.05, 3.63) is 0 Å². The fraction of sp³-hybridized carbons (Fsp3) is 0. The predicted molar refractivity (Wildman–Crippen MR) is 13.0 cm³/mol. The van der Waals surface area contributed by atoms with Crippen molar-refractivity contribution in [2.75, 3.05) is 0 Å². The first kappa shape index (κ1) is 15.8. The molecule has 0 aromatic carbocycles. The van der Waals surface area contributed by atoms with Crippen molar-refractivity contribution in [3.63, 3.8) is 0 Å². The summed E-state index contributed by atoms with van der Waals surface area (Å²) in [6.45, 7) is 0.